The minimum Gasteiger partial charge on any atom is -0.384 e. The minimum atomic E-state index is 0.140. The van der Waals surface area contributed by atoms with E-state index in [0.717, 1.165) is 36.2 Å². The third kappa shape index (κ3) is 4.80. The number of aromatic nitrogens is 2. The Bertz CT molecular complexity index is 811. The predicted molar refractivity (Wildman–Crippen MR) is 112 cm³/mol. The Morgan fingerprint density at radius 3 is 2.75 bits per heavy atom. The standard InChI is InChI=1S/C21H27ClN4O2/c1-25(2)21-23-13-18(15-6-8-17(22)9-7-15)20(24-21)16-5-4-11-26(14-16)19(27)10-12-28-3/h6-9,13,16H,4-5,10-12,14H2,1-3H3/t16-/m0/s1. The summed E-state index contributed by atoms with van der Waals surface area (Å²) in [6, 6.07) is 7.73. The fourth-order valence-corrected chi connectivity index (χ4v) is 3.66. The first-order valence-electron chi connectivity index (χ1n) is 9.56. The van der Waals surface area contributed by atoms with E-state index in [1.807, 2.05) is 54.4 Å². The van der Waals surface area contributed by atoms with Crippen molar-refractivity contribution in [1.82, 2.24) is 14.9 Å². The predicted octanol–water partition coefficient (Wildman–Crippen LogP) is 3.61. The average molecular weight is 403 g/mol. The van der Waals surface area contributed by atoms with Crippen LogP contribution in [0.2, 0.25) is 5.02 Å². The smallest absolute Gasteiger partial charge is 0.225 e. The molecule has 6 nitrogen and oxygen atoms in total. The topological polar surface area (TPSA) is 58.6 Å². The summed E-state index contributed by atoms with van der Waals surface area (Å²) < 4.78 is 5.06. The summed E-state index contributed by atoms with van der Waals surface area (Å²) >= 11 is 6.06. The van der Waals surface area contributed by atoms with Gasteiger partial charge >= 0.3 is 0 Å². The normalized spacial score (nSPS) is 16.9. The van der Waals surface area contributed by atoms with E-state index in [1.54, 1.807) is 7.11 Å². The summed E-state index contributed by atoms with van der Waals surface area (Å²) in [5.41, 5.74) is 3.02. The lowest BCUT2D eigenvalue weighted by molar-refractivity contribution is -0.133. The number of methoxy groups -OCH3 is 1. The van der Waals surface area contributed by atoms with Gasteiger partial charge in [0.15, 0.2) is 0 Å². The number of likely N-dealkylation sites (tertiary alicyclic amines) is 1. The molecular weight excluding hydrogens is 376 g/mol. The van der Waals surface area contributed by atoms with E-state index < -0.39 is 0 Å². The fraction of sp³-hybridized carbons (Fsp3) is 0.476. The molecule has 0 N–H and O–H groups in total. The first-order valence-corrected chi connectivity index (χ1v) is 9.94. The number of anilines is 1. The fourth-order valence-electron chi connectivity index (χ4n) is 3.54. The molecule has 3 rings (SSSR count). The van der Waals surface area contributed by atoms with Crippen molar-refractivity contribution >= 4 is 23.5 Å². The van der Waals surface area contributed by atoms with E-state index in [2.05, 4.69) is 4.98 Å². The second-order valence-electron chi connectivity index (χ2n) is 7.29. The molecule has 2 heterocycles. The number of hydrogen-bond donors (Lipinski definition) is 0. The van der Waals surface area contributed by atoms with Gasteiger partial charge in [-0.1, -0.05) is 23.7 Å². The van der Waals surface area contributed by atoms with Crippen molar-refractivity contribution in [1.29, 1.82) is 0 Å². The largest absolute Gasteiger partial charge is 0.384 e. The molecule has 0 spiro atoms. The van der Waals surface area contributed by atoms with Crippen molar-refractivity contribution in [3.8, 4) is 11.1 Å². The molecule has 0 bridgehead atoms. The van der Waals surface area contributed by atoms with Crippen LogP contribution in [-0.2, 0) is 9.53 Å². The molecule has 1 saturated heterocycles. The van der Waals surface area contributed by atoms with Gasteiger partial charge in [-0.05, 0) is 30.5 Å². The van der Waals surface area contributed by atoms with Gasteiger partial charge < -0.3 is 14.5 Å². The minimum absolute atomic E-state index is 0.140. The van der Waals surface area contributed by atoms with E-state index >= 15 is 0 Å². The molecule has 150 valence electrons. The number of nitrogens with zero attached hydrogens (tertiary/aromatic N) is 4. The maximum absolute atomic E-state index is 12.5. The van der Waals surface area contributed by atoms with Crippen molar-refractivity contribution in [3.05, 3.63) is 41.2 Å². The summed E-state index contributed by atoms with van der Waals surface area (Å²) in [7, 11) is 5.49. The Kier molecular flexibility index (Phi) is 6.86. The van der Waals surface area contributed by atoms with E-state index in [-0.39, 0.29) is 11.8 Å². The number of rotatable bonds is 6. The summed E-state index contributed by atoms with van der Waals surface area (Å²) in [6.45, 7) is 1.92. The molecule has 1 fully saturated rings. The molecule has 0 unspecified atom stereocenters. The quantitative estimate of drug-likeness (QED) is 0.738. The molecule has 1 aromatic carbocycles. The van der Waals surface area contributed by atoms with Crippen LogP contribution in [0.15, 0.2) is 30.5 Å². The van der Waals surface area contributed by atoms with Crippen molar-refractivity contribution in [2.45, 2.75) is 25.2 Å². The van der Waals surface area contributed by atoms with E-state index in [0.29, 0.717) is 30.5 Å². The molecule has 28 heavy (non-hydrogen) atoms. The number of ether oxygens (including phenoxy) is 1. The van der Waals surface area contributed by atoms with Gasteiger partial charge in [-0.25, -0.2) is 9.97 Å². The molecule has 1 atom stereocenters. The van der Waals surface area contributed by atoms with Gasteiger partial charge in [0.05, 0.1) is 18.7 Å². The molecule has 1 aliphatic heterocycles. The van der Waals surface area contributed by atoms with Crippen molar-refractivity contribution < 1.29 is 9.53 Å². The zero-order valence-electron chi connectivity index (χ0n) is 16.7. The lowest BCUT2D eigenvalue weighted by Gasteiger charge is -2.33. The molecule has 2 aromatic rings. The monoisotopic (exact) mass is 402 g/mol. The van der Waals surface area contributed by atoms with E-state index in [1.165, 1.54) is 0 Å². The van der Waals surface area contributed by atoms with Crippen LogP contribution in [0, 0.1) is 0 Å². The van der Waals surface area contributed by atoms with Crippen LogP contribution in [0.1, 0.15) is 30.9 Å². The van der Waals surface area contributed by atoms with Crippen LogP contribution in [-0.4, -0.2) is 61.7 Å². The summed E-state index contributed by atoms with van der Waals surface area (Å²) in [5.74, 6) is 0.990. The van der Waals surface area contributed by atoms with Gasteiger partial charge in [0.1, 0.15) is 0 Å². The zero-order valence-corrected chi connectivity index (χ0v) is 17.4. The van der Waals surface area contributed by atoms with E-state index in [9.17, 15) is 4.79 Å². The maximum atomic E-state index is 12.5. The van der Waals surface area contributed by atoms with Crippen molar-refractivity contribution in [2.75, 3.05) is 45.8 Å². The number of benzene rings is 1. The molecular formula is C21H27ClN4O2. The Hall–Kier alpha value is -2.18. The number of carbonyl (C=O) groups excluding carboxylic acids is 1. The Labute approximate surface area is 171 Å². The average Bonchev–Trinajstić information content (AvgIpc) is 2.72. The van der Waals surface area contributed by atoms with Gasteiger partial charge in [-0.15, -0.1) is 0 Å². The Morgan fingerprint density at radius 2 is 2.07 bits per heavy atom. The molecule has 0 saturated carbocycles. The number of carbonyl (C=O) groups is 1. The van der Waals surface area contributed by atoms with Gasteiger partial charge in [0, 0.05) is 57.0 Å². The Morgan fingerprint density at radius 1 is 1.32 bits per heavy atom. The molecule has 1 aliphatic rings. The van der Waals surface area contributed by atoms with Crippen LogP contribution >= 0.6 is 11.6 Å². The first-order chi connectivity index (χ1) is 13.5. The van der Waals surface area contributed by atoms with E-state index in [4.69, 9.17) is 21.3 Å². The molecule has 0 radical (unpaired) electrons. The molecule has 7 heteroatoms. The maximum Gasteiger partial charge on any atom is 0.225 e. The molecule has 1 aromatic heterocycles. The highest BCUT2D eigenvalue weighted by atomic mass is 35.5. The lowest BCUT2D eigenvalue weighted by Crippen LogP contribution is -2.39. The van der Waals surface area contributed by atoms with Crippen LogP contribution in [0.5, 0.6) is 0 Å². The van der Waals surface area contributed by atoms with Crippen LogP contribution in [0.25, 0.3) is 11.1 Å². The number of hydrogen-bond acceptors (Lipinski definition) is 5. The highest BCUT2D eigenvalue weighted by Gasteiger charge is 2.28. The van der Waals surface area contributed by atoms with Crippen LogP contribution in [0.4, 0.5) is 5.95 Å². The van der Waals surface area contributed by atoms with Gasteiger partial charge in [-0.3, -0.25) is 4.79 Å². The summed E-state index contributed by atoms with van der Waals surface area (Å²) in [5, 5.41) is 0.698. The first kappa shape index (κ1) is 20.6. The summed E-state index contributed by atoms with van der Waals surface area (Å²) in [4.78, 5) is 25.7. The second-order valence-corrected chi connectivity index (χ2v) is 7.73. The summed E-state index contributed by atoms with van der Waals surface area (Å²) in [6.07, 6.45) is 4.26. The van der Waals surface area contributed by atoms with Gasteiger partial charge in [0.2, 0.25) is 11.9 Å². The Balaban J connectivity index is 1.92. The molecule has 1 amide bonds. The lowest BCUT2D eigenvalue weighted by atomic mass is 9.90. The highest BCUT2D eigenvalue weighted by molar-refractivity contribution is 6.30. The molecule has 0 aliphatic carbocycles. The number of amides is 1. The SMILES string of the molecule is COCCC(=O)N1CCC[C@H](c2nc(N(C)C)ncc2-c2ccc(Cl)cc2)C1. The second kappa shape index (κ2) is 9.34. The number of piperidine rings is 1. The van der Waals surface area contributed by atoms with Crippen molar-refractivity contribution in [3.63, 3.8) is 0 Å². The van der Waals surface area contributed by atoms with Gasteiger partial charge in [-0.2, -0.15) is 0 Å². The number of halogens is 1. The van der Waals surface area contributed by atoms with Crippen LogP contribution in [0.3, 0.4) is 0 Å². The van der Waals surface area contributed by atoms with Crippen molar-refractivity contribution in [2.24, 2.45) is 0 Å². The zero-order chi connectivity index (χ0) is 20.1. The highest BCUT2D eigenvalue weighted by Crippen LogP contribution is 2.34. The third-order valence-electron chi connectivity index (χ3n) is 5.04. The third-order valence-corrected chi connectivity index (χ3v) is 5.29. The van der Waals surface area contributed by atoms with Gasteiger partial charge in [0.25, 0.3) is 0 Å². The van der Waals surface area contributed by atoms with Crippen LogP contribution < -0.4 is 4.90 Å².